The zero-order valence-corrected chi connectivity index (χ0v) is 29.3. The molecule has 0 fully saturated rings. The van der Waals surface area contributed by atoms with Crippen molar-refractivity contribution < 1.29 is 0 Å². The van der Waals surface area contributed by atoms with Crippen molar-refractivity contribution >= 4 is 54.7 Å². The van der Waals surface area contributed by atoms with Crippen LogP contribution >= 0.6 is 11.6 Å². The fraction of sp³-hybridized carbons (Fsp3) is 0. The van der Waals surface area contributed by atoms with Gasteiger partial charge in [0.1, 0.15) is 0 Å². The highest BCUT2D eigenvalue weighted by atomic mass is 35.5. The van der Waals surface area contributed by atoms with Gasteiger partial charge < -0.3 is 0 Å². The van der Waals surface area contributed by atoms with Crippen molar-refractivity contribution in [2.75, 3.05) is 0 Å². The maximum Gasteiger partial charge on any atom is 0.226 e. The smallest absolute Gasteiger partial charge is 0.208 e. The van der Waals surface area contributed by atoms with Crippen LogP contribution < -0.4 is 0 Å². The minimum Gasteiger partial charge on any atom is -0.208 e. The molecule has 1 aromatic heterocycles. The Morgan fingerprint density at radius 2 is 0.755 bits per heavy atom. The third kappa shape index (κ3) is 5.78. The SMILES string of the molecule is Clc1nc(-c2cccc(-c3ccc4cc(-c5ccccc5)ccc4c3)c2)nc(-c2ccc3cc(-c4cc5ccccc5c5ccccc45)ccc3c2)n1. The van der Waals surface area contributed by atoms with Crippen molar-refractivity contribution in [3.8, 4) is 56.2 Å². The molecule has 0 unspecified atom stereocenters. The van der Waals surface area contributed by atoms with Gasteiger partial charge in [0, 0.05) is 11.1 Å². The molecule has 0 N–H and O–H groups in total. The molecule has 0 aliphatic carbocycles. The molecule has 248 valence electrons. The van der Waals surface area contributed by atoms with Gasteiger partial charge in [-0.3, -0.25) is 0 Å². The molecule has 0 bridgehead atoms. The molecule has 9 aromatic carbocycles. The van der Waals surface area contributed by atoms with E-state index in [-0.39, 0.29) is 5.28 Å². The van der Waals surface area contributed by atoms with Gasteiger partial charge in [0.15, 0.2) is 11.6 Å². The Hall–Kier alpha value is -6.68. The van der Waals surface area contributed by atoms with Crippen LogP contribution in [0.4, 0.5) is 0 Å². The zero-order chi connectivity index (χ0) is 35.3. The summed E-state index contributed by atoms with van der Waals surface area (Å²) in [6.07, 6.45) is 0. The van der Waals surface area contributed by atoms with Crippen molar-refractivity contribution in [3.05, 3.63) is 187 Å². The second kappa shape index (κ2) is 12.8. The van der Waals surface area contributed by atoms with Gasteiger partial charge in [0.2, 0.25) is 5.28 Å². The molecule has 1 heterocycles. The topological polar surface area (TPSA) is 38.7 Å². The molecule has 10 rings (SSSR count). The van der Waals surface area contributed by atoms with E-state index in [0.29, 0.717) is 11.6 Å². The molecule has 0 spiro atoms. The lowest BCUT2D eigenvalue weighted by molar-refractivity contribution is 1.07. The molecule has 0 saturated carbocycles. The van der Waals surface area contributed by atoms with E-state index in [1.165, 1.54) is 54.6 Å². The average molecular weight is 696 g/mol. The maximum absolute atomic E-state index is 6.56. The molecular formula is C49H30ClN3. The van der Waals surface area contributed by atoms with Gasteiger partial charge in [0.05, 0.1) is 0 Å². The molecule has 0 aliphatic heterocycles. The Kier molecular flexibility index (Phi) is 7.52. The number of halogens is 1. The van der Waals surface area contributed by atoms with Crippen molar-refractivity contribution in [2.24, 2.45) is 0 Å². The summed E-state index contributed by atoms with van der Waals surface area (Å²) in [6.45, 7) is 0. The summed E-state index contributed by atoms with van der Waals surface area (Å²) in [7, 11) is 0. The van der Waals surface area contributed by atoms with E-state index in [0.717, 1.165) is 33.0 Å². The van der Waals surface area contributed by atoms with Crippen molar-refractivity contribution in [2.45, 2.75) is 0 Å². The first-order valence-corrected chi connectivity index (χ1v) is 18.1. The number of benzene rings is 9. The van der Waals surface area contributed by atoms with E-state index < -0.39 is 0 Å². The van der Waals surface area contributed by atoms with Crippen molar-refractivity contribution in [1.29, 1.82) is 0 Å². The number of hydrogen-bond acceptors (Lipinski definition) is 3. The zero-order valence-electron chi connectivity index (χ0n) is 28.5. The van der Waals surface area contributed by atoms with E-state index >= 15 is 0 Å². The van der Waals surface area contributed by atoms with Crippen LogP contribution in [-0.2, 0) is 0 Å². The van der Waals surface area contributed by atoms with Crippen LogP contribution in [0.5, 0.6) is 0 Å². The van der Waals surface area contributed by atoms with Crippen molar-refractivity contribution in [1.82, 2.24) is 15.0 Å². The van der Waals surface area contributed by atoms with Gasteiger partial charge in [0.25, 0.3) is 0 Å². The van der Waals surface area contributed by atoms with E-state index in [9.17, 15) is 0 Å². The van der Waals surface area contributed by atoms with E-state index in [4.69, 9.17) is 16.6 Å². The van der Waals surface area contributed by atoms with Gasteiger partial charge in [-0.15, -0.1) is 0 Å². The quantitative estimate of drug-likeness (QED) is 0.168. The molecular weight excluding hydrogens is 666 g/mol. The van der Waals surface area contributed by atoms with Crippen LogP contribution in [0.1, 0.15) is 0 Å². The second-order valence-electron chi connectivity index (χ2n) is 13.4. The minimum absolute atomic E-state index is 0.161. The molecule has 10 aromatic rings. The molecule has 0 atom stereocenters. The van der Waals surface area contributed by atoms with E-state index in [1.54, 1.807) is 0 Å². The van der Waals surface area contributed by atoms with E-state index in [1.807, 2.05) is 18.2 Å². The number of nitrogens with zero attached hydrogens (tertiary/aromatic N) is 3. The first-order chi connectivity index (χ1) is 26.1. The molecule has 4 heteroatoms. The van der Waals surface area contributed by atoms with Gasteiger partial charge in [-0.1, -0.05) is 146 Å². The average Bonchev–Trinajstić information content (AvgIpc) is 3.22. The Bertz CT molecular complexity index is 3030. The Morgan fingerprint density at radius 3 is 1.47 bits per heavy atom. The number of rotatable bonds is 5. The molecule has 0 aliphatic rings. The van der Waals surface area contributed by atoms with Gasteiger partial charge in [-0.25, -0.2) is 4.98 Å². The summed E-state index contributed by atoms with van der Waals surface area (Å²) < 4.78 is 0. The summed E-state index contributed by atoms with van der Waals surface area (Å²) in [5.74, 6) is 1.07. The van der Waals surface area contributed by atoms with Gasteiger partial charge in [-0.05, 0) is 124 Å². The molecule has 0 saturated heterocycles. The molecule has 3 nitrogen and oxygen atoms in total. The Labute approximate surface area is 311 Å². The normalized spacial score (nSPS) is 11.5. The summed E-state index contributed by atoms with van der Waals surface area (Å²) in [4.78, 5) is 14.0. The predicted octanol–water partition coefficient (Wildman–Crippen LogP) is 13.5. The summed E-state index contributed by atoms with van der Waals surface area (Å²) in [5, 5.41) is 9.81. The first-order valence-electron chi connectivity index (χ1n) is 17.7. The highest BCUT2D eigenvalue weighted by Gasteiger charge is 2.13. The molecule has 0 amide bonds. The lowest BCUT2D eigenvalue weighted by atomic mass is 9.92. The number of hydrogen-bond donors (Lipinski definition) is 0. The summed E-state index contributed by atoms with van der Waals surface area (Å²) in [6, 6.07) is 64.5. The Morgan fingerprint density at radius 1 is 0.283 bits per heavy atom. The fourth-order valence-electron chi connectivity index (χ4n) is 7.53. The summed E-state index contributed by atoms with van der Waals surface area (Å²) >= 11 is 6.56. The predicted molar refractivity (Wildman–Crippen MR) is 222 cm³/mol. The lowest BCUT2D eigenvalue weighted by Gasteiger charge is -2.12. The third-order valence-electron chi connectivity index (χ3n) is 10.2. The van der Waals surface area contributed by atoms with Crippen LogP contribution in [0.25, 0.3) is 99.2 Å². The van der Waals surface area contributed by atoms with Gasteiger partial charge in [-0.2, -0.15) is 9.97 Å². The molecule has 0 radical (unpaired) electrons. The third-order valence-corrected chi connectivity index (χ3v) is 10.4. The van der Waals surface area contributed by atoms with E-state index in [2.05, 4.69) is 174 Å². The number of fused-ring (bicyclic) bond motifs is 5. The number of aromatic nitrogens is 3. The van der Waals surface area contributed by atoms with Crippen LogP contribution in [0.15, 0.2) is 182 Å². The first kappa shape index (κ1) is 31.1. The lowest BCUT2D eigenvalue weighted by Crippen LogP contribution is -1.97. The highest BCUT2D eigenvalue weighted by Crippen LogP contribution is 2.37. The van der Waals surface area contributed by atoms with Crippen molar-refractivity contribution in [3.63, 3.8) is 0 Å². The van der Waals surface area contributed by atoms with Crippen LogP contribution in [0, 0.1) is 0 Å². The van der Waals surface area contributed by atoms with Crippen LogP contribution in [0.3, 0.4) is 0 Å². The highest BCUT2D eigenvalue weighted by molar-refractivity contribution is 6.28. The largest absolute Gasteiger partial charge is 0.226 e. The molecule has 53 heavy (non-hydrogen) atoms. The monoisotopic (exact) mass is 695 g/mol. The summed E-state index contributed by atoms with van der Waals surface area (Å²) in [5.41, 5.74) is 8.79. The minimum atomic E-state index is 0.161. The Balaban J connectivity index is 0.973. The van der Waals surface area contributed by atoms with Gasteiger partial charge >= 0.3 is 0 Å². The van der Waals surface area contributed by atoms with Crippen LogP contribution in [-0.4, -0.2) is 15.0 Å². The second-order valence-corrected chi connectivity index (χ2v) is 13.8. The fourth-order valence-corrected chi connectivity index (χ4v) is 7.69. The maximum atomic E-state index is 6.56. The van der Waals surface area contributed by atoms with Crippen LogP contribution in [0.2, 0.25) is 5.28 Å². The standard InChI is InChI=1S/C49H30ClN3/c50-49-52-47(41-13-8-12-32(28-41)34-19-20-35-25-33(17-18-36(35)26-34)31-9-2-1-3-10-31)51-48(53-49)42-24-22-37-27-40(23-21-38(37)29-42)46-30-39-11-4-5-14-43(39)44-15-6-7-16-45(44)46/h1-30H.